The maximum Gasteiger partial charge on any atom is 0.471 e. The minimum Gasteiger partial charge on any atom is -0.444 e. The minimum absolute atomic E-state index is 0.00151. The summed E-state index contributed by atoms with van der Waals surface area (Å²) in [5, 5.41) is 9.05. The van der Waals surface area contributed by atoms with Crippen molar-refractivity contribution in [1.82, 2.24) is 19.8 Å². The molecule has 0 spiro atoms. The van der Waals surface area contributed by atoms with Crippen LogP contribution in [0.1, 0.15) is 52.9 Å². The van der Waals surface area contributed by atoms with Gasteiger partial charge in [0.25, 0.3) is 0 Å². The molecule has 0 rings (SSSR count). The topological polar surface area (TPSA) is 157 Å². The molecule has 0 aromatic carbocycles. The van der Waals surface area contributed by atoms with Gasteiger partial charge in [-0.3, -0.25) is 4.79 Å². The van der Waals surface area contributed by atoms with Gasteiger partial charge in [0.2, 0.25) is 10.0 Å². The fourth-order valence-electron chi connectivity index (χ4n) is 3.64. The standard InChI is InChI=1S/C25H50F3N7O5SSi/c1-24(2,3)40-23(37)31-14-10-19-35(41(38,39)20-21-42(4,5)6)18-8-7-12-30-13-9-16-34(17-11-15-32-33-29)22(36)25(26,27)28/h30H,7-21H2,1-6H3,(H,31,37). The van der Waals surface area contributed by atoms with Gasteiger partial charge in [-0.1, -0.05) is 24.8 Å². The van der Waals surface area contributed by atoms with E-state index in [-0.39, 0.29) is 44.9 Å². The molecule has 0 unspecified atom stereocenters. The molecule has 0 fully saturated rings. The molecule has 0 radical (unpaired) electrons. The molecule has 0 saturated carbocycles. The Morgan fingerprint density at radius 1 is 0.929 bits per heavy atom. The number of hydrogen-bond acceptors (Lipinski definition) is 7. The number of alkyl carbamates (subject to hydrolysis) is 1. The highest BCUT2D eigenvalue weighted by Crippen LogP contribution is 2.19. The predicted molar refractivity (Wildman–Crippen MR) is 160 cm³/mol. The quantitative estimate of drug-likeness (QED) is 0.0605. The molecule has 0 saturated heterocycles. The number of carbonyl (C=O) groups excluding carboxylic acids is 2. The molecule has 2 N–H and O–H groups in total. The van der Waals surface area contributed by atoms with Crippen LogP contribution in [0.2, 0.25) is 25.7 Å². The van der Waals surface area contributed by atoms with Gasteiger partial charge >= 0.3 is 18.2 Å². The lowest BCUT2D eigenvalue weighted by molar-refractivity contribution is -0.185. The zero-order chi connectivity index (χ0) is 32.5. The first-order valence-electron chi connectivity index (χ1n) is 14.3. The van der Waals surface area contributed by atoms with Crippen LogP contribution >= 0.6 is 0 Å². The third-order valence-corrected chi connectivity index (χ3v) is 9.81. The van der Waals surface area contributed by atoms with E-state index >= 15 is 0 Å². The van der Waals surface area contributed by atoms with E-state index < -0.39 is 41.9 Å². The summed E-state index contributed by atoms with van der Waals surface area (Å²) in [5.74, 6) is -1.84. The number of sulfonamides is 1. The lowest BCUT2D eigenvalue weighted by Crippen LogP contribution is -2.43. The van der Waals surface area contributed by atoms with Crippen molar-refractivity contribution in [1.29, 1.82) is 0 Å². The molecular weight excluding hydrogens is 595 g/mol. The SMILES string of the molecule is CC(C)(C)OC(=O)NCCCN(CCCCNCCCN(CCCN=[N+]=[N-])C(=O)C(F)(F)F)S(=O)(=O)CC[Si](C)(C)C. The molecule has 42 heavy (non-hydrogen) atoms. The lowest BCUT2D eigenvalue weighted by atomic mass is 10.2. The third-order valence-electron chi connectivity index (χ3n) is 5.83. The van der Waals surface area contributed by atoms with E-state index in [0.717, 1.165) is 4.90 Å². The number of nitrogens with one attached hydrogen (secondary N) is 2. The van der Waals surface area contributed by atoms with Crippen molar-refractivity contribution in [2.45, 2.75) is 90.3 Å². The average Bonchev–Trinajstić information content (AvgIpc) is 2.84. The second kappa shape index (κ2) is 19.3. The van der Waals surface area contributed by atoms with E-state index in [1.807, 2.05) is 0 Å². The maximum absolute atomic E-state index is 13.1. The van der Waals surface area contributed by atoms with Crippen molar-refractivity contribution < 1.29 is 35.9 Å². The molecule has 0 atom stereocenters. The normalized spacial score (nSPS) is 12.6. The molecule has 2 amide bonds. The second-order valence-corrected chi connectivity index (χ2v) is 19.9. The number of amides is 2. The maximum atomic E-state index is 13.1. The summed E-state index contributed by atoms with van der Waals surface area (Å²) >= 11 is 0. The first-order valence-corrected chi connectivity index (χ1v) is 19.6. The second-order valence-electron chi connectivity index (χ2n) is 12.2. The van der Waals surface area contributed by atoms with E-state index in [9.17, 15) is 31.2 Å². The molecule has 0 aliphatic carbocycles. The molecule has 0 aromatic rings. The van der Waals surface area contributed by atoms with Crippen molar-refractivity contribution in [3.63, 3.8) is 0 Å². The van der Waals surface area contributed by atoms with Crippen LogP contribution < -0.4 is 10.6 Å². The van der Waals surface area contributed by atoms with Gasteiger partial charge < -0.3 is 20.3 Å². The van der Waals surface area contributed by atoms with E-state index in [1.165, 1.54) is 4.31 Å². The van der Waals surface area contributed by atoms with Crippen LogP contribution in [-0.4, -0.2) is 108 Å². The van der Waals surface area contributed by atoms with Crippen LogP contribution in [0, 0.1) is 0 Å². The zero-order valence-corrected chi connectivity index (χ0v) is 27.7. The molecule has 246 valence electrons. The van der Waals surface area contributed by atoms with Crippen LogP contribution in [0.25, 0.3) is 10.4 Å². The molecule has 0 aliphatic rings. The summed E-state index contributed by atoms with van der Waals surface area (Å²) in [5.41, 5.74) is 7.67. The Morgan fingerprint density at radius 3 is 2.07 bits per heavy atom. The van der Waals surface area contributed by atoms with E-state index in [2.05, 4.69) is 40.3 Å². The van der Waals surface area contributed by atoms with Crippen molar-refractivity contribution in [2.75, 3.05) is 58.1 Å². The number of alkyl halides is 3. The van der Waals surface area contributed by atoms with Crippen molar-refractivity contribution in [3.05, 3.63) is 10.4 Å². The number of hydrogen-bond donors (Lipinski definition) is 2. The number of unbranched alkanes of at least 4 members (excludes halogenated alkanes) is 1. The predicted octanol–water partition coefficient (Wildman–Crippen LogP) is 4.72. The summed E-state index contributed by atoms with van der Waals surface area (Å²) in [6.45, 7) is 13.1. The number of ether oxygens (including phenoxy) is 1. The van der Waals surface area contributed by atoms with Gasteiger partial charge in [-0.25, -0.2) is 17.5 Å². The summed E-state index contributed by atoms with van der Waals surface area (Å²) in [6.07, 6.45) is -3.44. The fraction of sp³-hybridized carbons (Fsp3) is 0.920. The monoisotopic (exact) mass is 645 g/mol. The van der Waals surface area contributed by atoms with Crippen LogP contribution in [0.5, 0.6) is 0 Å². The molecule has 0 aromatic heterocycles. The van der Waals surface area contributed by atoms with Crippen LogP contribution in [0.15, 0.2) is 5.11 Å². The van der Waals surface area contributed by atoms with Crippen molar-refractivity contribution in [3.8, 4) is 0 Å². The Bertz CT molecular complexity index is 967. The smallest absolute Gasteiger partial charge is 0.444 e. The average molecular weight is 646 g/mol. The molecule has 17 heteroatoms. The highest BCUT2D eigenvalue weighted by Gasteiger charge is 2.42. The van der Waals surface area contributed by atoms with Crippen LogP contribution in [0.3, 0.4) is 0 Å². The largest absolute Gasteiger partial charge is 0.471 e. The van der Waals surface area contributed by atoms with E-state index in [4.69, 9.17) is 10.3 Å². The van der Waals surface area contributed by atoms with Gasteiger partial charge in [0.15, 0.2) is 0 Å². The zero-order valence-electron chi connectivity index (χ0n) is 25.9. The van der Waals surface area contributed by atoms with E-state index in [0.29, 0.717) is 51.4 Å². The number of halogens is 3. The van der Waals surface area contributed by atoms with Crippen LogP contribution in [-0.2, 0) is 19.6 Å². The Labute approximate surface area is 249 Å². The molecule has 0 heterocycles. The lowest BCUT2D eigenvalue weighted by Gasteiger charge is -2.25. The summed E-state index contributed by atoms with van der Waals surface area (Å²) in [4.78, 5) is 26.8. The first kappa shape index (κ1) is 39.9. The summed E-state index contributed by atoms with van der Waals surface area (Å²) in [6, 6.07) is 0.642. The Kier molecular flexibility index (Phi) is 18.3. The fourth-order valence-corrected chi connectivity index (χ4v) is 8.20. The number of azide groups is 1. The first-order chi connectivity index (χ1) is 19.3. The third kappa shape index (κ3) is 20.7. The molecule has 0 bridgehead atoms. The molecule has 0 aliphatic heterocycles. The highest BCUT2D eigenvalue weighted by molar-refractivity contribution is 7.89. The van der Waals surface area contributed by atoms with Gasteiger partial charge in [0.1, 0.15) is 5.60 Å². The summed E-state index contributed by atoms with van der Waals surface area (Å²) in [7, 11) is -5.06. The van der Waals surface area contributed by atoms with Crippen molar-refractivity contribution in [2.24, 2.45) is 5.11 Å². The van der Waals surface area contributed by atoms with Gasteiger partial charge in [-0.15, -0.1) is 0 Å². The van der Waals surface area contributed by atoms with Gasteiger partial charge in [-0.2, -0.15) is 13.2 Å². The van der Waals surface area contributed by atoms with Gasteiger partial charge in [0, 0.05) is 52.3 Å². The number of rotatable bonds is 21. The van der Waals surface area contributed by atoms with Gasteiger partial charge in [0.05, 0.1) is 5.75 Å². The summed E-state index contributed by atoms with van der Waals surface area (Å²) < 4.78 is 71.5. The van der Waals surface area contributed by atoms with E-state index in [1.54, 1.807) is 20.8 Å². The molecule has 12 nitrogen and oxygen atoms in total. The number of carbonyl (C=O) groups is 2. The molecular formula is C25H50F3N7O5SSi. The Hall–Kier alpha value is -2.07. The Balaban J connectivity index is 4.71. The number of nitrogens with zero attached hydrogens (tertiary/aromatic N) is 5. The van der Waals surface area contributed by atoms with Crippen LogP contribution in [0.4, 0.5) is 18.0 Å². The minimum atomic E-state index is -4.97. The highest BCUT2D eigenvalue weighted by atomic mass is 32.2. The Morgan fingerprint density at radius 2 is 1.50 bits per heavy atom. The van der Waals surface area contributed by atoms with Gasteiger partial charge in [-0.05, 0) is 77.5 Å². The van der Waals surface area contributed by atoms with Crippen molar-refractivity contribution >= 4 is 30.1 Å².